The van der Waals surface area contributed by atoms with Gasteiger partial charge in [-0.25, -0.2) is 0 Å². The third-order valence-electron chi connectivity index (χ3n) is 3.45. The van der Waals surface area contributed by atoms with Gasteiger partial charge in [0.25, 0.3) is 0 Å². The van der Waals surface area contributed by atoms with Crippen molar-refractivity contribution in [3.8, 4) is 0 Å². The molecule has 0 aliphatic carbocycles. The van der Waals surface area contributed by atoms with Crippen LogP contribution >= 0.6 is 12.2 Å². The molecule has 1 aliphatic heterocycles. The SMILES string of the molecule is C=C(C)CNC(=S)N1CCN(Cc2ccccc2)CC1. The van der Waals surface area contributed by atoms with Crippen LogP contribution in [0.25, 0.3) is 0 Å². The summed E-state index contributed by atoms with van der Waals surface area (Å²) in [6.07, 6.45) is 0. The van der Waals surface area contributed by atoms with Crippen LogP contribution in [0.5, 0.6) is 0 Å². The zero-order valence-corrected chi connectivity index (χ0v) is 13.0. The van der Waals surface area contributed by atoms with Gasteiger partial charge in [-0.05, 0) is 24.7 Å². The summed E-state index contributed by atoms with van der Waals surface area (Å²) in [5.74, 6) is 0. The highest BCUT2D eigenvalue weighted by Gasteiger charge is 2.18. The van der Waals surface area contributed by atoms with Crippen molar-refractivity contribution in [2.24, 2.45) is 0 Å². The first-order chi connectivity index (χ1) is 9.65. The molecule has 0 bridgehead atoms. The average molecular weight is 289 g/mol. The number of nitrogens with zero attached hydrogens (tertiary/aromatic N) is 2. The van der Waals surface area contributed by atoms with Gasteiger partial charge in [-0.1, -0.05) is 42.5 Å². The molecule has 1 heterocycles. The highest BCUT2D eigenvalue weighted by Crippen LogP contribution is 2.08. The van der Waals surface area contributed by atoms with E-state index in [0.29, 0.717) is 0 Å². The van der Waals surface area contributed by atoms with Gasteiger partial charge in [-0.3, -0.25) is 4.90 Å². The van der Waals surface area contributed by atoms with E-state index in [2.05, 4.69) is 52.0 Å². The molecule has 0 radical (unpaired) electrons. The van der Waals surface area contributed by atoms with Gasteiger partial charge in [-0.15, -0.1) is 0 Å². The van der Waals surface area contributed by atoms with Crippen molar-refractivity contribution < 1.29 is 0 Å². The molecule has 0 unspecified atom stereocenters. The first-order valence-electron chi connectivity index (χ1n) is 7.08. The van der Waals surface area contributed by atoms with Crippen molar-refractivity contribution in [1.82, 2.24) is 15.1 Å². The lowest BCUT2D eigenvalue weighted by Gasteiger charge is -2.36. The molecule has 2 rings (SSSR count). The highest BCUT2D eigenvalue weighted by atomic mass is 32.1. The fourth-order valence-corrected chi connectivity index (χ4v) is 2.54. The lowest BCUT2D eigenvalue weighted by atomic mass is 10.2. The Morgan fingerprint density at radius 2 is 1.85 bits per heavy atom. The summed E-state index contributed by atoms with van der Waals surface area (Å²) in [6, 6.07) is 10.6. The second-order valence-corrected chi connectivity index (χ2v) is 5.75. The van der Waals surface area contributed by atoms with Gasteiger partial charge in [0, 0.05) is 39.3 Å². The molecule has 108 valence electrons. The van der Waals surface area contributed by atoms with Crippen molar-refractivity contribution >= 4 is 17.3 Å². The van der Waals surface area contributed by atoms with Crippen LogP contribution in [-0.2, 0) is 6.54 Å². The number of thiocarbonyl (C=S) groups is 1. The Balaban J connectivity index is 1.75. The Bertz CT molecular complexity index is 450. The predicted octanol–water partition coefficient (Wildman–Crippen LogP) is 2.25. The number of hydrogen-bond acceptors (Lipinski definition) is 2. The molecule has 1 aromatic carbocycles. The van der Waals surface area contributed by atoms with E-state index >= 15 is 0 Å². The van der Waals surface area contributed by atoms with Gasteiger partial charge in [-0.2, -0.15) is 0 Å². The molecule has 4 heteroatoms. The Morgan fingerprint density at radius 1 is 1.20 bits per heavy atom. The van der Waals surface area contributed by atoms with E-state index in [9.17, 15) is 0 Å². The molecule has 0 atom stereocenters. The van der Waals surface area contributed by atoms with Crippen molar-refractivity contribution in [2.45, 2.75) is 13.5 Å². The molecule has 0 aromatic heterocycles. The lowest BCUT2D eigenvalue weighted by molar-refractivity contribution is 0.174. The lowest BCUT2D eigenvalue weighted by Crippen LogP contribution is -2.51. The second kappa shape index (κ2) is 7.41. The molecule has 1 aliphatic rings. The monoisotopic (exact) mass is 289 g/mol. The summed E-state index contributed by atoms with van der Waals surface area (Å²) in [5.41, 5.74) is 2.49. The van der Waals surface area contributed by atoms with Gasteiger partial charge in [0.05, 0.1) is 0 Å². The second-order valence-electron chi connectivity index (χ2n) is 5.36. The predicted molar refractivity (Wildman–Crippen MR) is 88.7 cm³/mol. The van der Waals surface area contributed by atoms with E-state index in [4.69, 9.17) is 12.2 Å². The molecular formula is C16H23N3S. The maximum atomic E-state index is 5.42. The highest BCUT2D eigenvalue weighted by molar-refractivity contribution is 7.80. The number of piperazine rings is 1. The van der Waals surface area contributed by atoms with Gasteiger partial charge < -0.3 is 10.2 Å². The van der Waals surface area contributed by atoms with Crippen molar-refractivity contribution in [1.29, 1.82) is 0 Å². The van der Waals surface area contributed by atoms with E-state index < -0.39 is 0 Å². The van der Waals surface area contributed by atoms with Crippen molar-refractivity contribution in [3.05, 3.63) is 48.0 Å². The van der Waals surface area contributed by atoms with Crippen LogP contribution in [0.2, 0.25) is 0 Å². The summed E-state index contributed by atoms with van der Waals surface area (Å²) in [5, 5.41) is 4.11. The van der Waals surface area contributed by atoms with Crippen LogP contribution in [0.15, 0.2) is 42.5 Å². The number of rotatable bonds is 4. The number of hydrogen-bond donors (Lipinski definition) is 1. The summed E-state index contributed by atoms with van der Waals surface area (Å²) in [6.45, 7) is 11.8. The summed E-state index contributed by atoms with van der Waals surface area (Å²) in [4.78, 5) is 4.73. The fourth-order valence-electron chi connectivity index (χ4n) is 2.29. The number of nitrogens with one attached hydrogen (secondary N) is 1. The van der Waals surface area contributed by atoms with Crippen LogP contribution in [0.3, 0.4) is 0 Å². The first-order valence-corrected chi connectivity index (χ1v) is 7.49. The molecule has 20 heavy (non-hydrogen) atoms. The van der Waals surface area contributed by atoms with E-state index in [-0.39, 0.29) is 0 Å². The van der Waals surface area contributed by atoms with E-state index in [1.165, 1.54) is 5.56 Å². The smallest absolute Gasteiger partial charge is 0.169 e. The van der Waals surface area contributed by atoms with Gasteiger partial charge >= 0.3 is 0 Å². The minimum absolute atomic E-state index is 0.767. The van der Waals surface area contributed by atoms with E-state index in [0.717, 1.165) is 50.0 Å². The Morgan fingerprint density at radius 3 is 2.45 bits per heavy atom. The van der Waals surface area contributed by atoms with Crippen LogP contribution in [0.4, 0.5) is 0 Å². The minimum atomic E-state index is 0.767. The molecule has 1 saturated heterocycles. The molecular weight excluding hydrogens is 266 g/mol. The third-order valence-corrected chi connectivity index (χ3v) is 3.85. The molecule has 1 fully saturated rings. The van der Waals surface area contributed by atoms with Gasteiger partial charge in [0.2, 0.25) is 0 Å². The van der Waals surface area contributed by atoms with Gasteiger partial charge in [0.1, 0.15) is 0 Å². The molecule has 1 N–H and O–H groups in total. The molecule has 1 aromatic rings. The van der Waals surface area contributed by atoms with Crippen LogP contribution in [0.1, 0.15) is 12.5 Å². The normalized spacial score (nSPS) is 15.9. The standard InChI is InChI=1S/C16H23N3S/c1-14(2)12-17-16(20)19-10-8-18(9-11-19)13-15-6-4-3-5-7-15/h3-7H,1,8-13H2,2H3,(H,17,20). The minimum Gasteiger partial charge on any atom is -0.359 e. The first kappa shape index (κ1) is 15.0. The zero-order valence-electron chi connectivity index (χ0n) is 12.1. The summed E-state index contributed by atoms with van der Waals surface area (Å²) in [7, 11) is 0. The third kappa shape index (κ3) is 4.62. The zero-order chi connectivity index (χ0) is 14.4. The Hall–Kier alpha value is -1.39. The molecule has 3 nitrogen and oxygen atoms in total. The maximum absolute atomic E-state index is 5.42. The number of benzene rings is 1. The topological polar surface area (TPSA) is 18.5 Å². The van der Waals surface area contributed by atoms with E-state index in [1.807, 2.05) is 6.92 Å². The van der Waals surface area contributed by atoms with E-state index in [1.54, 1.807) is 0 Å². The van der Waals surface area contributed by atoms with Crippen LogP contribution in [-0.4, -0.2) is 47.6 Å². The molecule has 0 saturated carbocycles. The largest absolute Gasteiger partial charge is 0.359 e. The summed E-state index contributed by atoms with van der Waals surface area (Å²) >= 11 is 5.42. The Kier molecular flexibility index (Phi) is 5.56. The van der Waals surface area contributed by atoms with Crippen molar-refractivity contribution in [2.75, 3.05) is 32.7 Å². The fraction of sp³-hybridized carbons (Fsp3) is 0.438. The maximum Gasteiger partial charge on any atom is 0.169 e. The quantitative estimate of drug-likeness (QED) is 0.676. The summed E-state index contributed by atoms with van der Waals surface area (Å²) < 4.78 is 0. The average Bonchev–Trinajstić information content (AvgIpc) is 2.46. The Labute approximate surface area is 127 Å². The van der Waals surface area contributed by atoms with Crippen LogP contribution in [0, 0.1) is 0 Å². The molecule has 0 spiro atoms. The van der Waals surface area contributed by atoms with Crippen molar-refractivity contribution in [3.63, 3.8) is 0 Å². The molecule has 0 amide bonds. The van der Waals surface area contributed by atoms with Gasteiger partial charge in [0.15, 0.2) is 5.11 Å². The van der Waals surface area contributed by atoms with Crippen LogP contribution < -0.4 is 5.32 Å².